The predicted molar refractivity (Wildman–Crippen MR) is 72.5 cm³/mol. The molecule has 1 aliphatic heterocycles. The lowest BCUT2D eigenvalue weighted by molar-refractivity contribution is -0.385. The first-order valence-corrected chi connectivity index (χ1v) is 7.06. The lowest BCUT2D eigenvalue weighted by Crippen LogP contribution is -2.46. The Labute approximate surface area is 122 Å². The number of rotatable bonds is 3. The zero-order valence-electron chi connectivity index (χ0n) is 10.4. The van der Waals surface area contributed by atoms with E-state index in [4.69, 9.17) is 4.74 Å². The van der Waals surface area contributed by atoms with Gasteiger partial charge in [0.15, 0.2) is 0 Å². The molecule has 1 amide bonds. The second-order valence-electron chi connectivity index (χ2n) is 4.32. The van der Waals surface area contributed by atoms with Gasteiger partial charge in [0.05, 0.1) is 29.3 Å². The average Bonchev–Trinajstić information content (AvgIpc) is 2.46. The third-order valence-corrected chi connectivity index (χ3v) is 3.71. The SMILES string of the molecule is O=C(c1ccc([N+](=O)[O-])cc1F)N1CCOC(CBr)C1. The third kappa shape index (κ3) is 3.13. The van der Waals surface area contributed by atoms with E-state index in [0.717, 1.165) is 18.2 Å². The van der Waals surface area contributed by atoms with E-state index < -0.39 is 16.6 Å². The molecule has 0 aliphatic carbocycles. The van der Waals surface area contributed by atoms with E-state index in [9.17, 15) is 19.3 Å². The largest absolute Gasteiger partial charge is 0.374 e. The lowest BCUT2D eigenvalue weighted by atomic mass is 10.1. The van der Waals surface area contributed by atoms with E-state index in [1.54, 1.807) is 0 Å². The number of carbonyl (C=O) groups is 1. The van der Waals surface area contributed by atoms with Crippen molar-refractivity contribution in [2.24, 2.45) is 0 Å². The molecule has 1 heterocycles. The van der Waals surface area contributed by atoms with E-state index in [0.29, 0.717) is 25.0 Å². The van der Waals surface area contributed by atoms with Crippen LogP contribution in [0.5, 0.6) is 0 Å². The van der Waals surface area contributed by atoms with E-state index in [-0.39, 0.29) is 17.4 Å². The number of morpholine rings is 1. The highest BCUT2D eigenvalue weighted by atomic mass is 79.9. The first-order valence-electron chi connectivity index (χ1n) is 5.93. The smallest absolute Gasteiger partial charge is 0.272 e. The van der Waals surface area contributed by atoms with Crippen molar-refractivity contribution in [3.8, 4) is 0 Å². The van der Waals surface area contributed by atoms with Gasteiger partial charge in [-0.25, -0.2) is 4.39 Å². The maximum absolute atomic E-state index is 13.8. The first kappa shape index (κ1) is 14.9. The quantitative estimate of drug-likeness (QED) is 0.476. The summed E-state index contributed by atoms with van der Waals surface area (Å²) in [7, 11) is 0. The number of halogens is 2. The molecule has 1 saturated heterocycles. The molecule has 0 saturated carbocycles. The second-order valence-corrected chi connectivity index (χ2v) is 4.97. The molecule has 0 N–H and O–H groups in total. The molecule has 1 aliphatic rings. The van der Waals surface area contributed by atoms with Crippen LogP contribution in [0.15, 0.2) is 18.2 Å². The van der Waals surface area contributed by atoms with Crippen molar-refractivity contribution in [1.29, 1.82) is 0 Å². The van der Waals surface area contributed by atoms with Crippen molar-refractivity contribution in [2.75, 3.05) is 25.0 Å². The van der Waals surface area contributed by atoms with Crippen LogP contribution in [0.3, 0.4) is 0 Å². The fourth-order valence-electron chi connectivity index (χ4n) is 1.96. The van der Waals surface area contributed by atoms with E-state index in [1.807, 2.05) is 0 Å². The van der Waals surface area contributed by atoms with Crippen LogP contribution in [0.25, 0.3) is 0 Å². The predicted octanol–water partition coefficient (Wildman–Crippen LogP) is 1.97. The van der Waals surface area contributed by atoms with Gasteiger partial charge < -0.3 is 9.64 Å². The minimum Gasteiger partial charge on any atom is -0.374 e. The van der Waals surface area contributed by atoms with Crippen LogP contribution < -0.4 is 0 Å². The van der Waals surface area contributed by atoms with Crippen molar-refractivity contribution in [2.45, 2.75) is 6.10 Å². The fourth-order valence-corrected chi connectivity index (χ4v) is 2.35. The normalized spacial score (nSPS) is 18.9. The van der Waals surface area contributed by atoms with Gasteiger partial charge >= 0.3 is 0 Å². The van der Waals surface area contributed by atoms with Crippen LogP contribution in [-0.4, -0.2) is 46.9 Å². The topological polar surface area (TPSA) is 72.7 Å². The maximum Gasteiger partial charge on any atom is 0.272 e. The van der Waals surface area contributed by atoms with Gasteiger partial charge in [0.2, 0.25) is 0 Å². The Morgan fingerprint density at radius 2 is 2.35 bits per heavy atom. The highest BCUT2D eigenvalue weighted by Crippen LogP contribution is 2.19. The standard InChI is InChI=1S/C12H12BrFN2O4/c13-6-9-7-15(3-4-20-9)12(17)10-2-1-8(16(18)19)5-11(10)14/h1-2,5,9H,3-4,6-7H2. The number of ether oxygens (including phenoxy) is 1. The molecule has 1 atom stereocenters. The monoisotopic (exact) mass is 346 g/mol. The van der Waals surface area contributed by atoms with Crippen molar-refractivity contribution >= 4 is 27.5 Å². The van der Waals surface area contributed by atoms with Gasteiger partial charge in [-0.1, -0.05) is 15.9 Å². The van der Waals surface area contributed by atoms with Gasteiger partial charge in [0.25, 0.3) is 11.6 Å². The van der Waals surface area contributed by atoms with Crippen molar-refractivity contribution in [3.63, 3.8) is 0 Å². The maximum atomic E-state index is 13.8. The van der Waals surface area contributed by atoms with Gasteiger partial charge in [0, 0.05) is 24.5 Å². The Morgan fingerprint density at radius 3 is 2.95 bits per heavy atom. The highest BCUT2D eigenvalue weighted by molar-refractivity contribution is 9.09. The summed E-state index contributed by atoms with van der Waals surface area (Å²) in [5.74, 6) is -1.36. The molecule has 1 unspecified atom stereocenters. The number of nitrogens with zero attached hydrogens (tertiary/aromatic N) is 2. The molecular formula is C12H12BrFN2O4. The zero-order chi connectivity index (χ0) is 14.7. The summed E-state index contributed by atoms with van der Waals surface area (Å²) in [4.78, 5) is 23.5. The number of nitro groups is 1. The van der Waals surface area contributed by atoms with Gasteiger partial charge in [-0.15, -0.1) is 0 Å². The minimum atomic E-state index is -0.883. The Balaban J connectivity index is 2.18. The summed E-state index contributed by atoms with van der Waals surface area (Å²) in [5, 5.41) is 11.1. The molecule has 1 aromatic carbocycles. The number of carbonyl (C=O) groups excluding carboxylic acids is 1. The molecule has 20 heavy (non-hydrogen) atoms. The number of alkyl halides is 1. The molecule has 0 aromatic heterocycles. The number of hydrogen-bond donors (Lipinski definition) is 0. The Hall–Kier alpha value is -1.54. The van der Waals surface area contributed by atoms with Gasteiger partial charge in [-0.05, 0) is 6.07 Å². The lowest BCUT2D eigenvalue weighted by Gasteiger charge is -2.32. The minimum absolute atomic E-state index is 0.131. The second kappa shape index (κ2) is 6.27. The Kier molecular flexibility index (Phi) is 4.66. The molecule has 8 heteroatoms. The van der Waals surface area contributed by atoms with Crippen molar-refractivity contribution in [1.82, 2.24) is 4.90 Å². The molecule has 2 rings (SSSR count). The summed E-state index contributed by atoms with van der Waals surface area (Å²) in [5.41, 5.74) is -0.537. The number of non-ortho nitro benzene ring substituents is 1. The van der Waals surface area contributed by atoms with Crippen LogP contribution >= 0.6 is 15.9 Å². The Bertz CT molecular complexity index is 540. The molecule has 0 spiro atoms. The number of hydrogen-bond acceptors (Lipinski definition) is 4. The van der Waals surface area contributed by atoms with Crippen molar-refractivity contribution < 1.29 is 18.8 Å². The molecule has 0 radical (unpaired) electrons. The van der Waals surface area contributed by atoms with Crippen LogP contribution in [0.2, 0.25) is 0 Å². The number of amides is 1. The van der Waals surface area contributed by atoms with Crippen LogP contribution in [0.1, 0.15) is 10.4 Å². The molecular weight excluding hydrogens is 335 g/mol. The molecule has 1 aromatic rings. The molecule has 6 nitrogen and oxygen atoms in total. The summed E-state index contributed by atoms with van der Waals surface area (Å²) >= 11 is 3.27. The van der Waals surface area contributed by atoms with Crippen molar-refractivity contribution in [3.05, 3.63) is 39.7 Å². The van der Waals surface area contributed by atoms with E-state index in [2.05, 4.69) is 15.9 Å². The zero-order valence-corrected chi connectivity index (χ0v) is 12.0. The van der Waals surface area contributed by atoms with Crippen LogP contribution in [0, 0.1) is 15.9 Å². The summed E-state index contributed by atoms with van der Waals surface area (Å²) in [6.07, 6.45) is -0.131. The molecule has 1 fully saturated rings. The average molecular weight is 347 g/mol. The fraction of sp³-hybridized carbons (Fsp3) is 0.417. The molecule has 108 valence electrons. The summed E-state index contributed by atoms with van der Waals surface area (Å²) in [6.45, 7) is 1.12. The summed E-state index contributed by atoms with van der Waals surface area (Å²) in [6, 6.07) is 3.03. The highest BCUT2D eigenvalue weighted by Gasteiger charge is 2.26. The van der Waals surface area contributed by atoms with Gasteiger partial charge in [-0.3, -0.25) is 14.9 Å². The Morgan fingerprint density at radius 1 is 1.60 bits per heavy atom. The number of benzene rings is 1. The van der Waals surface area contributed by atoms with Crippen LogP contribution in [-0.2, 0) is 4.74 Å². The molecule has 0 bridgehead atoms. The third-order valence-electron chi connectivity index (χ3n) is 2.99. The number of nitro benzene ring substituents is 1. The van der Waals surface area contributed by atoms with Gasteiger partial charge in [0.1, 0.15) is 5.82 Å². The van der Waals surface area contributed by atoms with E-state index >= 15 is 0 Å². The van der Waals surface area contributed by atoms with Crippen LogP contribution in [0.4, 0.5) is 10.1 Å². The van der Waals surface area contributed by atoms with Gasteiger partial charge in [-0.2, -0.15) is 0 Å². The van der Waals surface area contributed by atoms with E-state index in [1.165, 1.54) is 4.90 Å². The first-order chi connectivity index (χ1) is 9.52. The summed E-state index contributed by atoms with van der Waals surface area (Å²) < 4.78 is 19.2.